The van der Waals surface area contributed by atoms with E-state index in [9.17, 15) is 18.0 Å². The van der Waals surface area contributed by atoms with Gasteiger partial charge in [0.15, 0.2) is 4.77 Å². The standard InChI is InChI=1S/C19H18N4O4S2/c1-2-8-23-18(25)15-7-6-13(10-16(15)22-19(23)28)17(24)21-11-12-4-3-5-14(9-12)29(20,26)27/h2-7,9-10H,1,8,11H2,(H,21,24)(H,22,28)(H2,20,26,27). The van der Waals surface area contributed by atoms with Crippen molar-refractivity contribution in [2.75, 3.05) is 0 Å². The molecular formula is C19H18N4O4S2. The molecule has 0 fully saturated rings. The zero-order valence-electron chi connectivity index (χ0n) is 15.2. The Morgan fingerprint density at radius 1 is 1.28 bits per heavy atom. The van der Waals surface area contributed by atoms with E-state index in [-0.39, 0.29) is 34.2 Å². The van der Waals surface area contributed by atoms with Gasteiger partial charge in [0.05, 0.1) is 15.8 Å². The lowest BCUT2D eigenvalue weighted by Crippen LogP contribution is -2.24. The number of nitrogens with one attached hydrogen (secondary N) is 2. The van der Waals surface area contributed by atoms with Crippen molar-refractivity contribution in [3.8, 4) is 0 Å². The highest BCUT2D eigenvalue weighted by Crippen LogP contribution is 2.12. The van der Waals surface area contributed by atoms with Crippen molar-refractivity contribution in [3.05, 3.63) is 81.4 Å². The largest absolute Gasteiger partial charge is 0.348 e. The molecule has 10 heteroatoms. The number of carbonyl (C=O) groups is 1. The van der Waals surface area contributed by atoms with Crippen molar-refractivity contribution in [1.29, 1.82) is 0 Å². The molecule has 1 amide bonds. The molecular weight excluding hydrogens is 412 g/mol. The number of nitrogens with two attached hydrogens (primary N) is 1. The molecule has 0 atom stereocenters. The molecule has 3 aromatic rings. The minimum atomic E-state index is -3.82. The summed E-state index contributed by atoms with van der Waals surface area (Å²) in [7, 11) is -3.82. The summed E-state index contributed by atoms with van der Waals surface area (Å²) in [5, 5.41) is 8.23. The number of aromatic nitrogens is 2. The van der Waals surface area contributed by atoms with Gasteiger partial charge in [0.1, 0.15) is 0 Å². The molecule has 0 spiro atoms. The Labute approximate surface area is 171 Å². The number of primary sulfonamides is 1. The number of amides is 1. The third-order valence-corrected chi connectivity index (χ3v) is 5.47. The average Bonchev–Trinajstić information content (AvgIpc) is 2.68. The highest BCUT2D eigenvalue weighted by molar-refractivity contribution is 7.89. The SMILES string of the molecule is C=CCn1c(=S)[nH]c2cc(C(=O)NCc3cccc(S(N)(=O)=O)c3)ccc2c1=O. The Bertz CT molecular complexity index is 1340. The van der Waals surface area contributed by atoms with E-state index in [1.807, 2.05) is 0 Å². The smallest absolute Gasteiger partial charge is 0.262 e. The molecule has 2 aromatic carbocycles. The van der Waals surface area contributed by atoms with Crippen LogP contribution in [0.5, 0.6) is 0 Å². The molecule has 0 aliphatic carbocycles. The van der Waals surface area contributed by atoms with Crippen molar-refractivity contribution in [3.63, 3.8) is 0 Å². The summed E-state index contributed by atoms with van der Waals surface area (Å²) in [5.74, 6) is -0.387. The summed E-state index contributed by atoms with van der Waals surface area (Å²) in [6.07, 6.45) is 1.57. The third-order valence-electron chi connectivity index (χ3n) is 4.24. The molecule has 0 saturated heterocycles. The van der Waals surface area contributed by atoms with Gasteiger partial charge in [-0.1, -0.05) is 18.2 Å². The Hall–Kier alpha value is -3.08. The van der Waals surface area contributed by atoms with Crippen LogP contribution in [0.4, 0.5) is 0 Å². The summed E-state index contributed by atoms with van der Waals surface area (Å²) in [6, 6.07) is 10.6. The van der Waals surface area contributed by atoms with Crippen molar-refractivity contribution < 1.29 is 13.2 Å². The van der Waals surface area contributed by atoms with Gasteiger partial charge >= 0.3 is 0 Å². The van der Waals surface area contributed by atoms with E-state index in [0.717, 1.165) is 0 Å². The molecule has 3 rings (SSSR count). The van der Waals surface area contributed by atoms with Crippen LogP contribution in [0.1, 0.15) is 15.9 Å². The van der Waals surface area contributed by atoms with Crippen LogP contribution in [0.15, 0.2) is 64.8 Å². The number of hydrogen-bond donors (Lipinski definition) is 3. The minimum Gasteiger partial charge on any atom is -0.348 e. The summed E-state index contributed by atoms with van der Waals surface area (Å²) in [4.78, 5) is 27.9. The molecule has 0 aliphatic rings. The second kappa shape index (κ2) is 8.11. The number of rotatable bonds is 6. The van der Waals surface area contributed by atoms with E-state index in [2.05, 4.69) is 16.9 Å². The number of hydrogen-bond acceptors (Lipinski definition) is 5. The van der Waals surface area contributed by atoms with Crippen LogP contribution >= 0.6 is 12.2 Å². The molecule has 29 heavy (non-hydrogen) atoms. The molecule has 4 N–H and O–H groups in total. The summed E-state index contributed by atoms with van der Waals surface area (Å²) in [5.41, 5.74) is 1.09. The van der Waals surface area contributed by atoms with Crippen LogP contribution < -0.4 is 16.0 Å². The topological polar surface area (TPSA) is 127 Å². The van der Waals surface area contributed by atoms with Gasteiger partial charge in [-0.25, -0.2) is 13.6 Å². The first-order chi connectivity index (χ1) is 13.7. The summed E-state index contributed by atoms with van der Waals surface area (Å²) in [6.45, 7) is 4.00. The zero-order valence-corrected chi connectivity index (χ0v) is 16.8. The number of carbonyl (C=O) groups excluding carboxylic acids is 1. The Kier molecular flexibility index (Phi) is 5.78. The first kappa shape index (κ1) is 20.6. The van der Waals surface area contributed by atoms with Crippen LogP contribution in [-0.4, -0.2) is 23.9 Å². The third kappa shape index (κ3) is 4.50. The fourth-order valence-corrected chi connectivity index (χ4v) is 3.66. The van der Waals surface area contributed by atoms with Crippen LogP contribution in [-0.2, 0) is 23.1 Å². The second-order valence-corrected chi connectivity index (χ2v) is 8.22. The molecule has 0 aliphatic heterocycles. The highest BCUT2D eigenvalue weighted by Gasteiger charge is 2.11. The quantitative estimate of drug-likeness (QED) is 0.406. The van der Waals surface area contributed by atoms with Gasteiger partial charge in [0, 0.05) is 18.7 Å². The normalized spacial score (nSPS) is 11.3. The first-order valence-electron chi connectivity index (χ1n) is 8.48. The van der Waals surface area contributed by atoms with Crippen LogP contribution in [0.3, 0.4) is 0 Å². The van der Waals surface area contributed by atoms with Gasteiger partial charge < -0.3 is 10.3 Å². The van der Waals surface area contributed by atoms with Crippen molar-refractivity contribution in [2.45, 2.75) is 18.0 Å². The van der Waals surface area contributed by atoms with E-state index in [4.69, 9.17) is 17.4 Å². The molecule has 0 bridgehead atoms. The fraction of sp³-hybridized carbons (Fsp3) is 0.105. The molecule has 0 radical (unpaired) electrons. The predicted molar refractivity (Wildman–Crippen MR) is 113 cm³/mol. The van der Waals surface area contributed by atoms with Crippen molar-refractivity contribution in [2.24, 2.45) is 5.14 Å². The minimum absolute atomic E-state index is 0.0293. The van der Waals surface area contributed by atoms with Crippen molar-refractivity contribution >= 4 is 39.1 Å². The lowest BCUT2D eigenvalue weighted by Gasteiger charge is -2.09. The Morgan fingerprint density at radius 3 is 2.72 bits per heavy atom. The van der Waals surface area contributed by atoms with Gasteiger partial charge in [-0.05, 0) is 48.1 Å². The molecule has 1 aromatic heterocycles. The maximum absolute atomic E-state index is 12.5. The summed E-state index contributed by atoms with van der Waals surface area (Å²) < 4.78 is 24.5. The van der Waals surface area contributed by atoms with E-state index >= 15 is 0 Å². The van der Waals surface area contributed by atoms with Gasteiger partial charge in [0.25, 0.3) is 11.5 Å². The fourth-order valence-electron chi connectivity index (χ4n) is 2.81. The Balaban J connectivity index is 1.85. The molecule has 150 valence electrons. The molecule has 1 heterocycles. The zero-order chi connectivity index (χ0) is 21.2. The van der Waals surface area contributed by atoms with Crippen LogP contribution in [0, 0.1) is 4.77 Å². The van der Waals surface area contributed by atoms with Crippen LogP contribution in [0.2, 0.25) is 0 Å². The lowest BCUT2D eigenvalue weighted by atomic mass is 10.1. The number of aromatic amines is 1. The van der Waals surface area contributed by atoms with Crippen molar-refractivity contribution in [1.82, 2.24) is 14.9 Å². The number of benzene rings is 2. The number of allylic oxidation sites excluding steroid dienone is 1. The first-order valence-corrected chi connectivity index (χ1v) is 10.4. The van der Waals surface area contributed by atoms with E-state index < -0.39 is 10.0 Å². The van der Waals surface area contributed by atoms with Crippen LogP contribution in [0.25, 0.3) is 10.9 Å². The predicted octanol–water partition coefficient (Wildman–Crippen LogP) is 1.82. The van der Waals surface area contributed by atoms with E-state index in [0.29, 0.717) is 22.0 Å². The lowest BCUT2D eigenvalue weighted by molar-refractivity contribution is 0.0951. The second-order valence-electron chi connectivity index (χ2n) is 6.27. The Morgan fingerprint density at radius 2 is 2.03 bits per heavy atom. The maximum Gasteiger partial charge on any atom is 0.262 e. The van der Waals surface area contributed by atoms with Gasteiger partial charge in [-0.15, -0.1) is 6.58 Å². The number of H-pyrrole nitrogens is 1. The van der Waals surface area contributed by atoms with Gasteiger partial charge in [-0.2, -0.15) is 0 Å². The highest BCUT2D eigenvalue weighted by atomic mass is 32.2. The van der Waals surface area contributed by atoms with Gasteiger partial charge in [-0.3, -0.25) is 14.2 Å². The van der Waals surface area contributed by atoms with E-state index in [1.54, 1.807) is 30.3 Å². The summed E-state index contributed by atoms with van der Waals surface area (Å²) >= 11 is 5.20. The molecule has 8 nitrogen and oxygen atoms in total. The number of fused-ring (bicyclic) bond motifs is 1. The monoisotopic (exact) mass is 430 g/mol. The molecule has 0 saturated carbocycles. The molecule has 0 unspecified atom stereocenters. The van der Waals surface area contributed by atoms with E-state index in [1.165, 1.54) is 22.8 Å². The average molecular weight is 431 g/mol. The number of nitrogens with zero attached hydrogens (tertiary/aromatic N) is 1. The van der Waals surface area contributed by atoms with Gasteiger partial charge in [0.2, 0.25) is 10.0 Å². The maximum atomic E-state index is 12.5. The number of sulfonamides is 1.